The number of nitrogens with two attached hydrogens (primary N) is 1. The fourth-order valence-corrected chi connectivity index (χ4v) is 3.81. The van der Waals surface area contributed by atoms with Crippen molar-refractivity contribution in [2.45, 2.75) is 6.04 Å². The van der Waals surface area contributed by atoms with Gasteiger partial charge in [-0.3, -0.25) is 14.9 Å². The van der Waals surface area contributed by atoms with Gasteiger partial charge in [-0.15, -0.1) is 10.2 Å². The molecule has 4 N–H and O–H groups in total. The summed E-state index contributed by atoms with van der Waals surface area (Å²) in [4.78, 5) is 25.8. The van der Waals surface area contributed by atoms with E-state index in [1.54, 1.807) is 18.3 Å². The molecule has 0 radical (unpaired) electrons. The number of hydrogen-bond donors (Lipinski definition) is 3. The largest absolute Gasteiger partial charge is 0.374 e. The molecule has 0 spiro atoms. The molecule has 2 aromatic heterocycles. The number of non-ortho nitro benzene ring substituents is 1. The van der Waals surface area contributed by atoms with E-state index >= 15 is 0 Å². The van der Waals surface area contributed by atoms with Crippen LogP contribution in [0.25, 0.3) is 22.2 Å². The number of fused-ring (bicyclic) bond motifs is 2. The standard InChI is InChI=1S/C20H14N6O3/c21-19(27)18-15-12-3-1-2-4-14(12)23-17(10-5-7-11(8-6-10)26(28)29)13-9-22-20(16(13)15)25-24-18/h1-9,17,23H,(H2,21,27)(H,22,25). The Kier molecular flexibility index (Phi) is 3.56. The quantitative estimate of drug-likeness (QED) is 0.365. The lowest BCUT2D eigenvalue weighted by Crippen LogP contribution is -2.15. The fourth-order valence-electron chi connectivity index (χ4n) is 3.81. The Morgan fingerprint density at radius 3 is 2.59 bits per heavy atom. The average Bonchev–Trinajstić information content (AvgIpc) is 3.09. The van der Waals surface area contributed by atoms with Gasteiger partial charge in [-0.05, 0) is 23.8 Å². The second-order valence-electron chi connectivity index (χ2n) is 6.73. The van der Waals surface area contributed by atoms with Gasteiger partial charge < -0.3 is 16.0 Å². The topological polar surface area (TPSA) is 140 Å². The number of benzene rings is 2. The number of para-hydroxylation sites is 1. The lowest BCUT2D eigenvalue weighted by Gasteiger charge is -2.19. The number of rotatable bonds is 3. The predicted octanol–water partition coefficient (Wildman–Crippen LogP) is 3.15. The van der Waals surface area contributed by atoms with Crippen molar-refractivity contribution in [2.75, 3.05) is 5.32 Å². The number of aromatic nitrogens is 3. The van der Waals surface area contributed by atoms with Crippen molar-refractivity contribution in [1.82, 2.24) is 15.2 Å². The molecule has 3 heterocycles. The van der Waals surface area contributed by atoms with Gasteiger partial charge in [0.1, 0.15) is 0 Å². The van der Waals surface area contributed by atoms with E-state index in [1.807, 2.05) is 24.3 Å². The Morgan fingerprint density at radius 2 is 1.86 bits per heavy atom. The third kappa shape index (κ3) is 2.52. The van der Waals surface area contributed by atoms with E-state index in [2.05, 4.69) is 20.5 Å². The number of nitrogens with zero attached hydrogens (tertiary/aromatic N) is 3. The summed E-state index contributed by atoms with van der Waals surface area (Å²) < 4.78 is 0. The van der Waals surface area contributed by atoms with Crippen LogP contribution >= 0.6 is 0 Å². The molecule has 9 heteroatoms. The highest BCUT2D eigenvalue weighted by molar-refractivity contribution is 6.10. The minimum absolute atomic E-state index is 0.0178. The van der Waals surface area contributed by atoms with E-state index in [9.17, 15) is 14.9 Å². The Morgan fingerprint density at radius 1 is 1.10 bits per heavy atom. The number of nitro groups is 1. The van der Waals surface area contributed by atoms with E-state index in [4.69, 9.17) is 5.73 Å². The third-order valence-corrected chi connectivity index (χ3v) is 5.10. The molecule has 0 saturated carbocycles. The van der Waals surface area contributed by atoms with Crippen LogP contribution in [0.5, 0.6) is 0 Å². The summed E-state index contributed by atoms with van der Waals surface area (Å²) in [6.07, 6.45) is 1.80. The molecular formula is C20H14N6O3. The first-order valence-electron chi connectivity index (χ1n) is 8.82. The molecule has 1 amide bonds. The first kappa shape index (κ1) is 16.9. The van der Waals surface area contributed by atoms with Crippen molar-refractivity contribution in [1.29, 1.82) is 0 Å². The van der Waals surface area contributed by atoms with Gasteiger partial charge in [-0.1, -0.05) is 18.2 Å². The number of carbonyl (C=O) groups is 1. The zero-order chi connectivity index (χ0) is 20.1. The van der Waals surface area contributed by atoms with Gasteiger partial charge >= 0.3 is 0 Å². The highest BCUT2D eigenvalue weighted by Gasteiger charge is 2.29. The number of anilines is 1. The minimum atomic E-state index is -0.662. The van der Waals surface area contributed by atoms with Crippen molar-refractivity contribution in [3.05, 3.63) is 81.7 Å². The number of aromatic amines is 1. The van der Waals surface area contributed by atoms with Crippen molar-refractivity contribution in [2.24, 2.45) is 5.73 Å². The monoisotopic (exact) mass is 386 g/mol. The molecule has 9 nitrogen and oxygen atoms in total. The van der Waals surface area contributed by atoms with Crippen molar-refractivity contribution >= 4 is 28.3 Å². The smallest absolute Gasteiger partial charge is 0.269 e. The van der Waals surface area contributed by atoms with Crippen LogP contribution in [0, 0.1) is 10.1 Å². The maximum atomic E-state index is 12.1. The number of primary amides is 1. The maximum Gasteiger partial charge on any atom is 0.269 e. The number of H-pyrrole nitrogens is 1. The first-order valence-corrected chi connectivity index (χ1v) is 8.82. The van der Waals surface area contributed by atoms with E-state index in [0.717, 1.165) is 27.8 Å². The highest BCUT2D eigenvalue weighted by atomic mass is 16.6. The van der Waals surface area contributed by atoms with Gasteiger partial charge in [0.2, 0.25) is 0 Å². The van der Waals surface area contributed by atoms with Crippen LogP contribution in [0.15, 0.2) is 54.7 Å². The van der Waals surface area contributed by atoms with Crippen LogP contribution in [-0.2, 0) is 0 Å². The molecule has 1 atom stereocenters. The number of amides is 1. The lowest BCUT2D eigenvalue weighted by atomic mass is 9.95. The van der Waals surface area contributed by atoms with E-state index < -0.39 is 10.8 Å². The molecule has 1 unspecified atom stereocenters. The number of nitrogens with one attached hydrogen (secondary N) is 2. The Bertz CT molecular complexity index is 1300. The van der Waals surface area contributed by atoms with Gasteiger partial charge in [0.25, 0.3) is 11.6 Å². The van der Waals surface area contributed by atoms with Gasteiger partial charge in [-0.2, -0.15) is 0 Å². The van der Waals surface area contributed by atoms with Crippen molar-refractivity contribution in [3.63, 3.8) is 0 Å². The third-order valence-electron chi connectivity index (χ3n) is 5.10. The number of carbonyl (C=O) groups excluding carboxylic acids is 1. The summed E-state index contributed by atoms with van der Waals surface area (Å²) in [6.45, 7) is 0. The van der Waals surface area contributed by atoms with Crippen LogP contribution in [0.3, 0.4) is 0 Å². The zero-order valence-electron chi connectivity index (χ0n) is 14.9. The second kappa shape index (κ2) is 6.13. The molecule has 142 valence electrons. The summed E-state index contributed by atoms with van der Waals surface area (Å²) in [5.41, 5.74) is 10.1. The van der Waals surface area contributed by atoms with Crippen LogP contribution in [-0.4, -0.2) is 26.0 Å². The molecule has 5 rings (SSSR count). The van der Waals surface area contributed by atoms with Crippen LogP contribution in [0.1, 0.15) is 27.7 Å². The summed E-state index contributed by atoms with van der Waals surface area (Å²) in [5, 5.41) is 23.4. The molecule has 1 aliphatic rings. The fraction of sp³-hybridized carbons (Fsp3) is 0.0500. The van der Waals surface area contributed by atoms with Crippen molar-refractivity contribution in [3.8, 4) is 11.1 Å². The summed E-state index contributed by atoms with van der Waals surface area (Å²) in [5.74, 6) is -0.662. The first-order chi connectivity index (χ1) is 14.0. The van der Waals surface area contributed by atoms with Crippen LogP contribution < -0.4 is 11.1 Å². The predicted molar refractivity (Wildman–Crippen MR) is 106 cm³/mol. The molecule has 0 saturated heterocycles. The van der Waals surface area contributed by atoms with E-state index in [1.165, 1.54) is 12.1 Å². The Hall–Kier alpha value is -4.27. The van der Waals surface area contributed by atoms with Gasteiger partial charge in [-0.25, -0.2) is 0 Å². The molecular weight excluding hydrogens is 372 g/mol. The van der Waals surface area contributed by atoms with Gasteiger partial charge in [0, 0.05) is 46.1 Å². The van der Waals surface area contributed by atoms with Crippen LogP contribution in [0.4, 0.5) is 11.4 Å². The van der Waals surface area contributed by atoms with E-state index in [0.29, 0.717) is 11.2 Å². The van der Waals surface area contributed by atoms with Crippen LogP contribution in [0.2, 0.25) is 0 Å². The molecule has 0 fully saturated rings. The molecule has 0 bridgehead atoms. The van der Waals surface area contributed by atoms with Gasteiger partial charge in [0.15, 0.2) is 11.3 Å². The Labute approximate surface area is 163 Å². The summed E-state index contributed by atoms with van der Waals surface area (Å²) in [7, 11) is 0. The molecule has 2 aromatic carbocycles. The van der Waals surface area contributed by atoms with Crippen molar-refractivity contribution < 1.29 is 9.72 Å². The molecule has 1 aliphatic heterocycles. The summed E-state index contributed by atoms with van der Waals surface area (Å²) in [6, 6.07) is 13.6. The number of hydrogen-bond acceptors (Lipinski definition) is 6. The molecule has 29 heavy (non-hydrogen) atoms. The molecule has 4 aromatic rings. The minimum Gasteiger partial charge on any atom is -0.374 e. The Balaban J connectivity index is 1.81. The van der Waals surface area contributed by atoms with E-state index in [-0.39, 0.29) is 17.4 Å². The van der Waals surface area contributed by atoms with Gasteiger partial charge in [0.05, 0.1) is 11.0 Å². The number of nitro benzene ring substituents is 1. The SMILES string of the molecule is NC(=O)c1nnc2[nH]cc3c2c1-c1ccccc1NC3c1ccc([N+](=O)[O-])cc1. The average molecular weight is 386 g/mol. The lowest BCUT2D eigenvalue weighted by molar-refractivity contribution is -0.384. The second-order valence-corrected chi connectivity index (χ2v) is 6.73. The zero-order valence-corrected chi connectivity index (χ0v) is 14.9. The highest BCUT2D eigenvalue weighted by Crippen LogP contribution is 2.44. The summed E-state index contributed by atoms with van der Waals surface area (Å²) >= 11 is 0. The maximum absolute atomic E-state index is 12.1. The molecule has 0 aliphatic carbocycles. The normalized spacial score (nSPS) is 14.7.